The van der Waals surface area contributed by atoms with Gasteiger partial charge in [-0.25, -0.2) is 4.98 Å². The van der Waals surface area contributed by atoms with Crippen molar-refractivity contribution in [2.24, 2.45) is 0 Å². The summed E-state index contributed by atoms with van der Waals surface area (Å²) in [6, 6.07) is 10.3. The van der Waals surface area contributed by atoms with Gasteiger partial charge in [-0.3, -0.25) is 0 Å². The SMILES string of the molecule is CC[C@@H](Nc1nc(NCc2ccccc2)c2ncn(C(C)C)c2n1)[C@H](C)O. The van der Waals surface area contributed by atoms with Crippen LogP contribution in [-0.2, 0) is 6.54 Å². The molecule has 0 fully saturated rings. The molecule has 0 radical (unpaired) electrons. The fourth-order valence-electron chi connectivity index (χ4n) is 2.99. The number of hydrogen-bond donors (Lipinski definition) is 3. The van der Waals surface area contributed by atoms with Gasteiger partial charge >= 0.3 is 0 Å². The van der Waals surface area contributed by atoms with Crippen molar-refractivity contribution in [2.45, 2.75) is 58.8 Å². The molecule has 0 saturated carbocycles. The van der Waals surface area contributed by atoms with Crippen molar-refractivity contribution < 1.29 is 5.11 Å². The van der Waals surface area contributed by atoms with Crippen LogP contribution in [0.25, 0.3) is 11.2 Å². The molecule has 0 spiro atoms. The Labute approximate surface area is 159 Å². The second-order valence-corrected chi connectivity index (χ2v) is 7.05. The molecule has 0 amide bonds. The maximum atomic E-state index is 9.96. The summed E-state index contributed by atoms with van der Waals surface area (Å²) in [7, 11) is 0. The molecule has 0 aliphatic heterocycles. The molecule has 2 aromatic heterocycles. The number of hydrogen-bond acceptors (Lipinski definition) is 6. The van der Waals surface area contributed by atoms with Crippen molar-refractivity contribution in [3.8, 4) is 0 Å². The Kier molecular flexibility index (Phi) is 5.91. The zero-order chi connectivity index (χ0) is 19.4. The van der Waals surface area contributed by atoms with Gasteiger partial charge in [-0.15, -0.1) is 0 Å². The summed E-state index contributed by atoms with van der Waals surface area (Å²) >= 11 is 0. The number of nitrogens with zero attached hydrogens (tertiary/aromatic N) is 4. The predicted molar refractivity (Wildman–Crippen MR) is 109 cm³/mol. The van der Waals surface area contributed by atoms with Gasteiger partial charge in [0.15, 0.2) is 17.0 Å². The minimum atomic E-state index is -0.495. The first kappa shape index (κ1) is 19.1. The molecular formula is C20H28N6O. The number of aromatic nitrogens is 4. The van der Waals surface area contributed by atoms with E-state index in [-0.39, 0.29) is 12.1 Å². The molecule has 27 heavy (non-hydrogen) atoms. The molecular weight excluding hydrogens is 340 g/mol. The zero-order valence-electron chi connectivity index (χ0n) is 16.3. The summed E-state index contributed by atoms with van der Waals surface area (Å²) in [6.45, 7) is 8.63. The first-order valence-corrected chi connectivity index (χ1v) is 9.46. The van der Waals surface area contributed by atoms with Crippen LogP contribution in [0.5, 0.6) is 0 Å². The van der Waals surface area contributed by atoms with E-state index in [4.69, 9.17) is 0 Å². The molecule has 0 aliphatic rings. The van der Waals surface area contributed by atoms with Gasteiger partial charge in [0.2, 0.25) is 5.95 Å². The van der Waals surface area contributed by atoms with Gasteiger partial charge in [-0.05, 0) is 32.8 Å². The molecule has 3 rings (SSSR count). The Morgan fingerprint density at radius 3 is 2.48 bits per heavy atom. The van der Waals surface area contributed by atoms with E-state index >= 15 is 0 Å². The molecule has 7 nitrogen and oxygen atoms in total. The molecule has 0 aliphatic carbocycles. The van der Waals surface area contributed by atoms with Gasteiger partial charge in [0.1, 0.15) is 0 Å². The van der Waals surface area contributed by atoms with E-state index in [0.29, 0.717) is 18.3 Å². The maximum absolute atomic E-state index is 9.96. The Bertz CT molecular complexity index is 875. The number of aliphatic hydroxyl groups is 1. The summed E-state index contributed by atoms with van der Waals surface area (Å²) in [6.07, 6.45) is 2.08. The van der Waals surface area contributed by atoms with Gasteiger partial charge in [-0.1, -0.05) is 37.3 Å². The van der Waals surface area contributed by atoms with Gasteiger partial charge < -0.3 is 20.3 Å². The van der Waals surface area contributed by atoms with E-state index in [1.165, 1.54) is 0 Å². The molecule has 0 unspecified atom stereocenters. The zero-order valence-corrected chi connectivity index (χ0v) is 16.3. The summed E-state index contributed by atoms with van der Waals surface area (Å²) in [5, 5.41) is 16.6. The van der Waals surface area contributed by atoms with Crippen molar-refractivity contribution >= 4 is 22.9 Å². The number of anilines is 2. The predicted octanol–water partition coefficient (Wildman–Crippen LogP) is 3.59. The first-order chi connectivity index (χ1) is 13.0. The molecule has 0 saturated heterocycles. The van der Waals surface area contributed by atoms with Crippen molar-refractivity contribution in [1.29, 1.82) is 0 Å². The van der Waals surface area contributed by atoms with Crippen LogP contribution in [-0.4, -0.2) is 36.8 Å². The van der Waals surface area contributed by atoms with Gasteiger partial charge in [0.05, 0.1) is 18.5 Å². The topological polar surface area (TPSA) is 87.9 Å². The second-order valence-electron chi connectivity index (χ2n) is 7.05. The number of benzene rings is 1. The lowest BCUT2D eigenvalue weighted by Crippen LogP contribution is -2.31. The minimum absolute atomic E-state index is 0.111. The molecule has 3 N–H and O–H groups in total. The third kappa shape index (κ3) is 4.36. The van der Waals surface area contributed by atoms with Crippen molar-refractivity contribution in [1.82, 2.24) is 19.5 Å². The van der Waals surface area contributed by atoms with Crippen LogP contribution in [0, 0.1) is 0 Å². The summed E-state index contributed by atoms with van der Waals surface area (Å²) in [4.78, 5) is 13.8. The van der Waals surface area contributed by atoms with Crippen LogP contribution in [0.3, 0.4) is 0 Å². The van der Waals surface area contributed by atoms with Crippen LogP contribution in [0.4, 0.5) is 11.8 Å². The third-order valence-corrected chi connectivity index (χ3v) is 4.62. The van der Waals surface area contributed by atoms with E-state index in [1.54, 1.807) is 13.3 Å². The Balaban J connectivity index is 1.96. The number of aliphatic hydroxyl groups excluding tert-OH is 1. The lowest BCUT2D eigenvalue weighted by Gasteiger charge is -2.20. The fraction of sp³-hybridized carbons (Fsp3) is 0.450. The Hall–Kier alpha value is -2.67. The standard InChI is InChI=1S/C20H28N6O/c1-5-16(14(4)27)23-20-24-18(21-11-15-9-7-6-8-10-15)17-19(25-20)26(12-22-17)13(2)3/h6-10,12-14,16,27H,5,11H2,1-4H3,(H2,21,23,24,25)/t14-,16+/m0/s1. The second kappa shape index (κ2) is 8.35. The number of rotatable bonds is 8. The average molecular weight is 368 g/mol. The van der Waals surface area contributed by atoms with E-state index < -0.39 is 6.10 Å². The van der Waals surface area contributed by atoms with E-state index in [2.05, 4.69) is 51.6 Å². The number of fused-ring (bicyclic) bond motifs is 1. The van der Waals surface area contributed by atoms with Crippen molar-refractivity contribution in [3.63, 3.8) is 0 Å². The smallest absolute Gasteiger partial charge is 0.227 e. The number of nitrogens with one attached hydrogen (secondary N) is 2. The summed E-state index contributed by atoms with van der Waals surface area (Å²) in [5.74, 6) is 1.18. The lowest BCUT2D eigenvalue weighted by atomic mass is 10.1. The highest BCUT2D eigenvalue weighted by molar-refractivity contribution is 5.84. The highest BCUT2D eigenvalue weighted by Crippen LogP contribution is 2.24. The van der Waals surface area contributed by atoms with E-state index in [0.717, 1.165) is 23.1 Å². The van der Waals surface area contributed by atoms with Crippen LogP contribution in [0.15, 0.2) is 36.7 Å². The maximum Gasteiger partial charge on any atom is 0.227 e. The van der Waals surface area contributed by atoms with E-state index in [1.807, 2.05) is 29.7 Å². The Morgan fingerprint density at radius 2 is 1.85 bits per heavy atom. The molecule has 144 valence electrons. The largest absolute Gasteiger partial charge is 0.391 e. The highest BCUT2D eigenvalue weighted by atomic mass is 16.3. The number of imidazole rings is 1. The monoisotopic (exact) mass is 368 g/mol. The average Bonchev–Trinajstić information content (AvgIpc) is 3.09. The Morgan fingerprint density at radius 1 is 1.11 bits per heavy atom. The third-order valence-electron chi connectivity index (χ3n) is 4.62. The van der Waals surface area contributed by atoms with Crippen molar-refractivity contribution in [3.05, 3.63) is 42.2 Å². The van der Waals surface area contributed by atoms with Gasteiger partial charge in [0, 0.05) is 12.6 Å². The van der Waals surface area contributed by atoms with Gasteiger partial charge in [-0.2, -0.15) is 9.97 Å². The minimum Gasteiger partial charge on any atom is -0.391 e. The van der Waals surface area contributed by atoms with Crippen molar-refractivity contribution in [2.75, 3.05) is 10.6 Å². The first-order valence-electron chi connectivity index (χ1n) is 9.46. The quantitative estimate of drug-likeness (QED) is 0.563. The van der Waals surface area contributed by atoms with Gasteiger partial charge in [0.25, 0.3) is 0 Å². The molecule has 2 atom stereocenters. The highest BCUT2D eigenvalue weighted by Gasteiger charge is 2.18. The van der Waals surface area contributed by atoms with Crippen LogP contribution in [0.2, 0.25) is 0 Å². The normalized spacial score (nSPS) is 13.7. The fourth-order valence-corrected chi connectivity index (χ4v) is 2.99. The summed E-state index contributed by atoms with van der Waals surface area (Å²) in [5.41, 5.74) is 2.69. The molecule has 7 heteroatoms. The molecule has 2 heterocycles. The van der Waals surface area contributed by atoms with Crippen LogP contribution in [0.1, 0.15) is 45.7 Å². The van der Waals surface area contributed by atoms with E-state index in [9.17, 15) is 5.11 Å². The molecule has 1 aromatic carbocycles. The van der Waals surface area contributed by atoms with Crippen LogP contribution < -0.4 is 10.6 Å². The molecule has 3 aromatic rings. The summed E-state index contributed by atoms with van der Waals surface area (Å²) < 4.78 is 2.03. The van der Waals surface area contributed by atoms with Crippen LogP contribution >= 0.6 is 0 Å². The molecule has 0 bridgehead atoms. The lowest BCUT2D eigenvalue weighted by molar-refractivity contribution is 0.169.